The van der Waals surface area contributed by atoms with E-state index in [0.29, 0.717) is 39.9 Å². The fraction of sp³-hybridized carbons (Fsp3) is 0.200. The zero-order valence-corrected chi connectivity index (χ0v) is 24.5. The van der Waals surface area contributed by atoms with Gasteiger partial charge in [0.05, 0.1) is 24.3 Å². The number of aryl methyl sites for hydroxylation is 1. The van der Waals surface area contributed by atoms with Crippen LogP contribution in [0.3, 0.4) is 0 Å². The maximum Gasteiger partial charge on any atom is 0.259 e. The standard InChI is InChI=1S/C35H33ClN2O4/c1-3-4-16-41-32-21-26-11-7-5-9-24(26)19-29(32)34(39)37-15-17-42-33-22-27-12-8-6-10-25(27)20-30(33)35(40)38-31-14-13-28(36)18-23(31)2/h5-14,18-22H,3-4,15-17H2,1-2H3,(H,37,39)(H,38,40). The molecule has 7 heteroatoms. The van der Waals surface area contributed by atoms with E-state index in [1.165, 1.54) is 0 Å². The Kier molecular flexibility index (Phi) is 9.25. The molecule has 0 saturated heterocycles. The summed E-state index contributed by atoms with van der Waals surface area (Å²) in [7, 11) is 0. The summed E-state index contributed by atoms with van der Waals surface area (Å²) in [6.45, 7) is 4.94. The Bertz CT molecular complexity index is 1750. The molecule has 0 fully saturated rings. The molecule has 0 aromatic heterocycles. The minimum absolute atomic E-state index is 0.171. The SMILES string of the molecule is CCCCOc1cc2ccccc2cc1C(=O)NCCOc1cc2ccccc2cc1C(=O)Nc1ccc(Cl)cc1C. The van der Waals surface area contributed by atoms with Crippen LogP contribution in [0.2, 0.25) is 5.02 Å². The lowest BCUT2D eigenvalue weighted by molar-refractivity contribution is 0.0940. The number of anilines is 1. The van der Waals surface area contributed by atoms with Crippen molar-refractivity contribution in [2.75, 3.05) is 25.1 Å². The van der Waals surface area contributed by atoms with E-state index < -0.39 is 0 Å². The number of rotatable bonds is 11. The Hall–Kier alpha value is -4.55. The Balaban J connectivity index is 1.31. The van der Waals surface area contributed by atoms with Gasteiger partial charge >= 0.3 is 0 Å². The highest BCUT2D eigenvalue weighted by atomic mass is 35.5. The zero-order valence-electron chi connectivity index (χ0n) is 23.7. The van der Waals surface area contributed by atoms with Crippen LogP contribution in [0.15, 0.2) is 91.0 Å². The number of ether oxygens (including phenoxy) is 2. The van der Waals surface area contributed by atoms with Crippen LogP contribution in [-0.4, -0.2) is 31.6 Å². The average Bonchev–Trinajstić information content (AvgIpc) is 3.00. The highest BCUT2D eigenvalue weighted by molar-refractivity contribution is 6.30. The zero-order chi connectivity index (χ0) is 29.5. The van der Waals surface area contributed by atoms with Gasteiger partial charge in [-0.1, -0.05) is 73.5 Å². The molecule has 0 aliphatic rings. The third kappa shape index (κ3) is 6.84. The molecule has 42 heavy (non-hydrogen) atoms. The van der Waals surface area contributed by atoms with Crippen molar-refractivity contribution in [1.82, 2.24) is 5.32 Å². The molecule has 0 spiro atoms. The number of carbonyl (C=O) groups is 2. The number of benzene rings is 5. The lowest BCUT2D eigenvalue weighted by atomic mass is 10.0. The minimum Gasteiger partial charge on any atom is -0.493 e. The predicted molar refractivity (Wildman–Crippen MR) is 170 cm³/mol. The van der Waals surface area contributed by atoms with E-state index >= 15 is 0 Å². The van der Waals surface area contributed by atoms with Crippen molar-refractivity contribution in [1.29, 1.82) is 0 Å². The molecule has 2 amide bonds. The Labute approximate surface area is 250 Å². The second kappa shape index (κ2) is 13.4. The van der Waals surface area contributed by atoms with E-state index in [1.54, 1.807) is 18.2 Å². The molecule has 5 aromatic rings. The van der Waals surface area contributed by atoms with E-state index in [-0.39, 0.29) is 25.0 Å². The molecule has 5 rings (SSSR count). The molecule has 214 valence electrons. The largest absolute Gasteiger partial charge is 0.493 e. The summed E-state index contributed by atoms with van der Waals surface area (Å²) in [6, 6.07) is 28.4. The highest BCUT2D eigenvalue weighted by Crippen LogP contribution is 2.29. The Morgan fingerprint density at radius 2 is 1.26 bits per heavy atom. The average molecular weight is 581 g/mol. The van der Waals surface area contributed by atoms with Gasteiger partial charge in [-0.15, -0.1) is 0 Å². The number of carbonyl (C=O) groups excluding carboxylic acids is 2. The number of nitrogens with one attached hydrogen (secondary N) is 2. The Morgan fingerprint density at radius 3 is 1.83 bits per heavy atom. The number of hydrogen-bond acceptors (Lipinski definition) is 4. The minimum atomic E-state index is -0.296. The molecule has 0 unspecified atom stereocenters. The smallest absolute Gasteiger partial charge is 0.259 e. The van der Waals surface area contributed by atoms with Crippen molar-refractivity contribution in [3.8, 4) is 11.5 Å². The molecule has 0 aliphatic heterocycles. The number of amides is 2. The van der Waals surface area contributed by atoms with Crippen LogP contribution in [0.1, 0.15) is 46.0 Å². The van der Waals surface area contributed by atoms with Crippen LogP contribution in [0.5, 0.6) is 11.5 Å². The summed E-state index contributed by atoms with van der Waals surface area (Å²) in [5.41, 5.74) is 2.40. The monoisotopic (exact) mass is 580 g/mol. The van der Waals surface area contributed by atoms with Crippen molar-refractivity contribution >= 4 is 50.6 Å². The van der Waals surface area contributed by atoms with Crippen LogP contribution < -0.4 is 20.1 Å². The topological polar surface area (TPSA) is 76.7 Å². The molecule has 5 aromatic carbocycles. The van der Waals surface area contributed by atoms with E-state index in [1.807, 2.05) is 79.7 Å². The molecule has 0 aliphatic carbocycles. The van der Waals surface area contributed by atoms with Crippen LogP contribution >= 0.6 is 11.6 Å². The molecule has 0 radical (unpaired) electrons. The summed E-state index contributed by atoms with van der Waals surface area (Å²) < 4.78 is 12.1. The molecule has 0 bridgehead atoms. The Morgan fingerprint density at radius 1 is 0.714 bits per heavy atom. The van der Waals surface area contributed by atoms with Gasteiger partial charge in [0.1, 0.15) is 18.1 Å². The predicted octanol–water partition coefficient (Wildman–Crippen LogP) is 8.19. The van der Waals surface area contributed by atoms with Gasteiger partial charge in [0.15, 0.2) is 0 Å². The van der Waals surface area contributed by atoms with E-state index in [2.05, 4.69) is 17.6 Å². The molecule has 0 saturated carbocycles. The molecular weight excluding hydrogens is 548 g/mol. The van der Waals surface area contributed by atoms with Gasteiger partial charge in [-0.3, -0.25) is 9.59 Å². The van der Waals surface area contributed by atoms with Crippen molar-refractivity contribution in [3.05, 3.63) is 113 Å². The van der Waals surface area contributed by atoms with Gasteiger partial charge in [-0.05, 0) is 82.9 Å². The van der Waals surface area contributed by atoms with Crippen molar-refractivity contribution in [3.63, 3.8) is 0 Å². The lowest BCUT2D eigenvalue weighted by Gasteiger charge is -2.16. The van der Waals surface area contributed by atoms with Gasteiger partial charge in [0.2, 0.25) is 0 Å². The number of halogens is 1. The van der Waals surface area contributed by atoms with E-state index in [0.717, 1.165) is 39.9 Å². The summed E-state index contributed by atoms with van der Waals surface area (Å²) in [5, 5.41) is 10.4. The van der Waals surface area contributed by atoms with Crippen LogP contribution in [0, 0.1) is 6.92 Å². The second-order valence-corrected chi connectivity index (χ2v) is 10.5. The summed E-state index contributed by atoms with van der Waals surface area (Å²) in [4.78, 5) is 26.6. The highest BCUT2D eigenvalue weighted by Gasteiger charge is 2.17. The van der Waals surface area contributed by atoms with Gasteiger partial charge in [0.25, 0.3) is 11.8 Å². The van der Waals surface area contributed by atoms with Gasteiger partial charge in [0, 0.05) is 10.7 Å². The van der Waals surface area contributed by atoms with E-state index in [4.69, 9.17) is 21.1 Å². The van der Waals surface area contributed by atoms with Crippen molar-refractivity contribution in [2.45, 2.75) is 26.7 Å². The third-order valence-corrected chi connectivity index (χ3v) is 7.26. The first-order chi connectivity index (χ1) is 20.4. The van der Waals surface area contributed by atoms with Gasteiger partial charge < -0.3 is 20.1 Å². The maximum absolute atomic E-state index is 13.4. The fourth-order valence-corrected chi connectivity index (χ4v) is 4.96. The number of unbranched alkanes of at least 4 members (excludes halogenated alkanes) is 1. The van der Waals surface area contributed by atoms with Crippen LogP contribution in [0.25, 0.3) is 21.5 Å². The van der Waals surface area contributed by atoms with Crippen LogP contribution in [-0.2, 0) is 0 Å². The number of fused-ring (bicyclic) bond motifs is 2. The molecule has 6 nitrogen and oxygen atoms in total. The van der Waals surface area contributed by atoms with Crippen molar-refractivity contribution in [2.24, 2.45) is 0 Å². The quantitative estimate of drug-likeness (QED) is 0.154. The molecule has 2 N–H and O–H groups in total. The fourth-order valence-electron chi connectivity index (χ4n) is 4.74. The first kappa shape index (κ1) is 29.0. The summed E-state index contributed by atoms with van der Waals surface area (Å²) >= 11 is 6.09. The molecular formula is C35H33ClN2O4. The first-order valence-corrected chi connectivity index (χ1v) is 14.5. The molecule has 0 atom stereocenters. The maximum atomic E-state index is 13.4. The second-order valence-electron chi connectivity index (χ2n) is 10.1. The van der Waals surface area contributed by atoms with Crippen LogP contribution in [0.4, 0.5) is 5.69 Å². The van der Waals surface area contributed by atoms with Gasteiger partial charge in [-0.2, -0.15) is 0 Å². The summed E-state index contributed by atoms with van der Waals surface area (Å²) in [5.74, 6) is 0.452. The first-order valence-electron chi connectivity index (χ1n) is 14.1. The normalized spacial score (nSPS) is 10.9. The summed E-state index contributed by atoms with van der Waals surface area (Å²) in [6.07, 6.45) is 1.90. The van der Waals surface area contributed by atoms with Gasteiger partial charge in [-0.25, -0.2) is 0 Å². The number of hydrogen-bond donors (Lipinski definition) is 2. The lowest BCUT2D eigenvalue weighted by Crippen LogP contribution is -2.29. The third-order valence-electron chi connectivity index (χ3n) is 7.02. The molecule has 0 heterocycles. The van der Waals surface area contributed by atoms with Crippen molar-refractivity contribution < 1.29 is 19.1 Å². The van der Waals surface area contributed by atoms with E-state index in [9.17, 15) is 9.59 Å².